The number of hydrogen-bond acceptors (Lipinski definition) is 8. The molecule has 1 N–H and O–H groups in total. The van der Waals surface area contributed by atoms with E-state index >= 15 is 0 Å². The minimum Gasteiger partial charge on any atom is -0.457 e. The molecule has 2 heterocycles. The van der Waals surface area contributed by atoms with Gasteiger partial charge in [-0.2, -0.15) is 8.42 Å². The highest BCUT2D eigenvalue weighted by Gasteiger charge is 2.07. The molecule has 0 atom stereocenters. The van der Waals surface area contributed by atoms with Gasteiger partial charge in [0, 0.05) is 42.0 Å². The molecule has 0 spiro atoms. The smallest absolute Gasteiger partial charge is 0.264 e. The fourth-order valence-corrected chi connectivity index (χ4v) is 5.02. The van der Waals surface area contributed by atoms with Crippen LogP contribution >= 0.6 is 0 Å². The molecule has 0 bridgehead atoms. The Morgan fingerprint density at radius 2 is 0.940 bits per heavy atom. The van der Waals surface area contributed by atoms with Crippen molar-refractivity contribution < 1.29 is 36.0 Å². The van der Waals surface area contributed by atoms with E-state index in [0.29, 0.717) is 35.8 Å². The molecule has 11 heteroatoms. The molecule has 6 aromatic rings. The molecular formula is C39H34F2N2O6S. The predicted molar refractivity (Wildman–Crippen MR) is 188 cm³/mol. The predicted octanol–water partition coefficient (Wildman–Crippen LogP) is 8.41. The molecule has 8 nitrogen and oxygen atoms in total. The maximum Gasteiger partial charge on any atom is 0.264 e. The fourth-order valence-electron chi connectivity index (χ4n) is 4.64. The summed E-state index contributed by atoms with van der Waals surface area (Å²) >= 11 is 0. The third-order valence-electron chi connectivity index (χ3n) is 7.04. The van der Waals surface area contributed by atoms with Gasteiger partial charge in [0.05, 0.1) is 24.3 Å². The highest BCUT2D eigenvalue weighted by Crippen LogP contribution is 2.27. The largest absolute Gasteiger partial charge is 0.457 e. The first kappa shape index (κ1) is 35.8. The van der Waals surface area contributed by atoms with E-state index in [9.17, 15) is 17.2 Å². The molecule has 50 heavy (non-hydrogen) atoms. The molecule has 6 rings (SSSR count). The maximum absolute atomic E-state index is 12.9. The summed E-state index contributed by atoms with van der Waals surface area (Å²) in [4.78, 5) is 9.04. The lowest BCUT2D eigenvalue weighted by molar-refractivity contribution is 0.298. The summed E-state index contributed by atoms with van der Waals surface area (Å²) in [6.45, 7) is 0.140. The number of pyridine rings is 2. The van der Waals surface area contributed by atoms with Crippen LogP contribution in [0.5, 0.6) is 23.0 Å². The van der Waals surface area contributed by atoms with Crippen molar-refractivity contribution >= 4 is 10.1 Å². The van der Waals surface area contributed by atoms with Crippen molar-refractivity contribution in [3.8, 4) is 45.5 Å². The van der Waals surface area contributed by atoms with Crippen LogP contribution in [0.1, 0.15) is 11.4 Å². The SMILES string of the molecule is CS(=O)(=O)OCCc1cccc(-c2ccc(Oc3ccc(F)cc3)cc2)n1.OCCc1cccc(-c2ccc(Oc3ccc(F)cc3)cc2)n1. The average molecular weight is 697 g/mol. The van der Waals surface area contributed by atoms with Crippen LogP contribution in [0.25, 0.3) is 22.5 Å². The van der Waals surface area contributed by atoms with Gasteiger partial charge in [0.1, 0.15) is 34.6 Å². The van der Waals surface area contributed by atoms with Gasteiger partial charge in [-0.15, -0.1) is 0 Å². The second-order valence-corrected chi connectivity index (χ2v) is 12.6. The molecule has 0 aliphatic heterocycles. The van der Waals surface area contributed by atoms with E-state index in [2.05, 4.69) is 9.97 Å². The van der Waals surface area contributed by atoms with Gasteiger partial charge in [-0.1, -0.05) is 12.1 Å². The van der Waals surface area contributed by atoms with Crippen LogP contribution < -0.4 is 9.47 Å². The van der Waals surface area contributed by atoms with Gasteiger partial charge >= 0.3 is 0 Å². The molecule has 0 amide bonds. The lowest BCUT2D eigenvalue weighted by Gasteiger charge is -2.08. The van der Waals surface area contributed by atoms with E-state index in [1.807, 2.05) is 72.8 Å². The van der Waals surface area contributed by atoms with Crippen LogP contribution in [0.15, 0.2) is 133 Å². The fraction of sp³-hybridized carbons (Fsp3) is 0.128. The van der Waals surface area contributed by atoms with E-state index < -0.39 is 10.1 Å². The number of benzene rings is 4. The zero-order chi connectivity index (χ0) is 35.3. The first-order valence-electron chi connectivity index (χ1n) is 15.6. The van der Waals surface area contributed by atoms with Crippen molar-refractivity contribution in [2.45, 2.75) is 12.8 Å². The molecule has 0 saturated heterocycles. The second kappa shape index (κ2) is 17.3. The number of hydrogen-bond donors (Lipinski definition) is 1. The number of aliphatic hydroxyl groups excluding tert-OH is 1. The summed E-state index contributed by atoms with van der Waals surface area (Å²) in [5, 5.41) is 8.99. The highest BCUT2D eigenvalue weighted by molar-refractivity contribution is 7.85. The molecule has 0 aliphatic rings. The van der Waals surface area contributed by atoms with Crippen molar-refractivity contribution in [3.63, 3.8) is 0 Å². The first-order chi connectivity index (χ1) is 24.1. The Bertz CT molecular complexity index is 2080. The standard InChI is InChI=1S/C20H18FNO4S.C19H16FNO2/c1-27(23,24)25-14-13-17-3-2-4-20(22-17)15-5-9-18(10-6-15)26-19-11-7-16(21)8-12-19;20-15-6-10-18(11-7-15)23-17-8-4-14(5-9-17)19-3-1-2-16(21-19)12-13-22/h2-12H,13-14H2,1H3;1-11,22H,12-13H2. The van der Waals surface area contributed by atoms with Gasteiger partial charge < -0.3 is 14.6 Å². The van der Waals surface area contributed by atoms with E-state index in [1.54, 1.807) is 36.4 Å². The van der Waals surface area contributed by atoms with Crippen molar-refractivity contribution in [1.29, 1.82) is 0 Å². The number of nitrogens with zero attached hydrogens (tertiary/aromatic N) is 2. The molecule has 256 valence electrons. The molecule has 2 aromatic heterocycles. The zero-order valence-electron chi connectivity index (χ0n) is 27.1. The van der Waals surface area contributed by atoms with Gasteiger partial charge in [-0.05, 0) is 121 Å². The number of ether oxygens (including phenoxy) is 2. The molecule has 0 saturated carbocycles. The van der Waals surface area contributed by atoms with Crippen molar-refractivity contribution in [2.75, 3.05) is 19.5 Å². The summed E-state index contributed by atoms with van der Waals surface area (Å²) in [5.41, 5.74) is 5.08. The van der Waals surface area contributed by atoms with Crippen molar-refractivity contribution in [1.82, 2.24) is 9.97 Å². The number of rotatable bonds is 12. The second-order valence-electron chi connectivity index (χ2n) is 10.9. The van der Waals surface area contributed by atoms with Gasteiger partial charge in [-0.3, -0.25) is 14.2 Å². The van der Waals surface area contributed by atoms with Crippen LogP contribution in [0.3, 0.4) is 0 Å². The van der Waals surface area contributed by atoms with E-state index in [1.165, 1.54) is 24.3 Å². The van der Waals surface area contributed by atoms with Crippen LogP contribution in [-0.4, -0.2) is 43.0 Å². The first-order valence-corrected chi connectivity index (χ1v) is 17.4. The van der Waals surface area contributed by atoms with Gasteiger partial charge in [-0.25, -0.2) is 8.78 Å². The third kappa shape index (κ3) is 11.3. The normalized spacial score (nSPS) is 11.0. The molecule has 4 aromatic carbocycles. The van der Waals surface area contributed by atoms with E-state index in [0.717, 1.165) is 40.2 Å². The number of aliphatic hydroxyl groups is 1. The Labute approximate surface area is 289 Å². The Kier molecular flexibility index (Phi) is 12.4. The highest BCUT2D eigenvalue weighted by atomic mass is 32.2. The van der Waals surface area contributed by atoms with Gasteiger partial charge in [0.15, 0.2) is 0 Å². The van der Waals surface area contributed by atoms with Crippen LogP contribution in [0.4, 0.5) is 8.78 Å². The van der Waals surface area contributed by atoms with E-state index in [4.69, 9.17) is 18.8 Å². The van der Waals surface area contributed by atoms with Crippen LogP contribution in [0.2, 0.25) is 0 Å². The third-order valence-corrected chi connectivity index (χ3v) is 7.63. The van der Waals surface area contributed by atoms with E-state index in [-0.39, 0.29) is 24.8 Å². The Balaban J connectivity index is 0.000000197. The molecular weight excluding hydrogens is 663 g/mol. The molecule has 0 radical (unpaired) electrons. The van der Waals surface area contributed by atoms with Gasteiger partial charge in [0.25, 0.3) is 10.1 Å². The monoisotopic (exact) mass is 696 g/mol. The maximum atomic E-state index is 12.9. The average Bonchev–Trinajstić information content (AvgIpc) is 3.11. The number of aromatic nitrogens is 2. The summed E-state index contributed by atoms with van der Waals surface area (Å²) in [7, 11) is -3.45. The summed E-state index contributed by atoms with van der Waals surface area (Å²) in [6, 6.07) is 37.9. The Morgan fingerprint density at radius 3 is 1.32 bits per heavy atom. The summed E-state index contributed by atoms with van der Waals surface area (Å²) in [6.07, 6.45) is 1.96. The topological polar surface area (TPSA) is 108 Å². The molecule has 0 unspecified atom stereocenters. The minimum absolute atomic E-state index is 0.0553. The van der Waals surface area contributed by atoms with Crippen molar-refractivity contribution in [3.05, 3.63) is 156 Å². The molecule has 0 fully saturated rings. The lowest BCUT2D eigenvalue weighted by Crippen LogP contribution is -2.07. The Hall–Kier alpha value is -5.49. The van der Waals surface area contributed by atoms with Crippen LogP contribution in [0, 0.1) is 11.6 Å². The lowest BCUT2D eigenvalue weighted by atomic mass is 10.1. The van der Waals surface area contributed by atoms with Gasteiger partial charge in [0.2, 0.25) is 0 Å². The zero-order valence-corrected chi connectivity index (χ0v) is 27.9. The minimum atomic E-state index is -3.45. The van der Waals surface area contributed by atoms with Crippen LogP contribution in [-0.2, 0) is 27.1 Å². The Morgan fingerprint density at radius 1 is 0.560 bits per heavy atom. The number of halogens is 2. The quantitative estimate of drug-likeness (QED) is 0.127. The summed E-state index contributed by atoms with van der Waals surface area (Å²) in [5.74, 6) is 1.83. The summed E-state index contributed by atoms with van der Waals surface area (Å²) < 4.78 is 63.9. The van der Waals surface area contributed by atoms with Crippen molar-refractivity contribution in [2.24, 2.45) is 0 Å². The molecule has 0 aliphatic carbocycles.